The SMILES string of the molecule is CC(C)(C)OC(=O)C(N)c1ccc(-c2cccc(C(=O)O)c2)cc1. The molecule has 0 heterocycles. The van der Waals surface area contributed by atoms with E-state index in [1.807, 2.05) is 6.07 Å². The number of hydrogen-bond donors (Lipinski definition) is 2. The number of nitrogens with two attached hydrogens (primary N) is 1. The van der Waals surface area contributed by atoms with E-state index in [2.05, 4.69) is 0 Å². The monoisotopic (exact) mass is 327 g/mol. The van der Waals surface area contributed by atoms with Crippen molar-refractivity contribution in [2.75, 3.05) is 0 Å². The summed E-state index contributed by atoms with van der Waals surface area (Å²) in [5.74, 6) is -1.46. The first kappa shape index (κ1) is 17.7. The molecule has 5 nitrogen and oxygen atoms in total. The Balaban J connectivity index is 2.20. The number of rotatable bonds is 4. The van der Waals surface area contributed by atoms with Crippen LogP contribution in [0.1, 0.15) is 42.7 Å². The van der Waals surface area contributed by atoms with E-state index < -0.39 is 23.6 Å². The van der Waals surface area contributed by atoms with Crippen molar-refractivity contribution in [3.05, 3.63) is 59.7 Å². The van der Waals surface area contributed by atoms with Crippen molar-refractivity contribution in [1.29, 1.82) is 0 Å². The van der Waals surface area contributed by atoms with Gasteiger partial charge in [-0.15, -0.1) is 0 Å². The Morgan fingerprint density at radius 3 is 2.21 bits per heavy atom. The molecular weight excluding hydrogens is 306 g/mol. The number of ether oxygens (including phenoxy) is 1. The van der Waals surface area contributed by atoms with Gasteiger partial charge in [-0.05, 0) is 49.6 Å². The smallest absolute Gasteiger partial charge is 0.335 e. The van der Waals surface area contributed by atoms with Gasteiger partial charge in [0.05, 0.1) is 5.56 Å². The Kier molecular flexibility index (Phi) is 5.04. The lowest BCUT2D eigenvalue weighted by Crippen LogP contribution is -2.31. The summed E-state index contributed by atoms with van der Waals surface area (Å²) in [6.45, 7) is 5.36. The highest BCUT2D eigenvalue weighted by Gasteiger charge is 2.23. The van der Waals surface area contributed by atoms with Crippen LogP contribution in [0, 0.1) is 0 Å². The minimum Gasteiger partial charge on any atom is -0.478 e. The van der Waals surface area contributed by atoms with Crippen molar-refractivity contribution in [1.82, 2.24) is 0 Å². The van der Waals surface area contributed by atoms with Crippen molar-refractivity contribution in [3.8, 4) is 11.1 Å². The molecule has 0 aromatic heterocycles. The fourth-order valence-corrected chi connectivity index (χ4v) is 2.22. The zero-order valence-electron chi connectivity index (χ0n) is 13.9. The van der Waals surface area contributed by atoms with Crippen molar-refractivity contribution >= 4 is 11.9 Å². The summed E-state index contributed by atoms with van der Waals surface area (Å²) < 4.78 is 5.28. The molecule has 126 valence electrons. The predicted molar refractivity (Wildman–Crippen MR) is 91.6 cm³/mol. The topological polar surface area (TPSA) is 89.6 Å². The third kappa shape index (κ3) is 4.43. The quantitative estimate of drug-likeness (QED) is 0.840. The standard InChI is InChI=1S/C19H21NO4/c1-19(2,3)24-18(23)16(20)13-9-7-12(8-10-13)14-5-4-6-15(11-14)17(21)22/h4-11,16H,20H2,1-3H3,(H,21,22). The summed E-state index contributed by atoms with van der Waals surface area (Å²) >= 11 is 0. The largest absolute Gasteiger partial charge is 0.478 e. The number of carboxylic acid groups (broad SMARTS) is 1. The Morgan fingerprint density at radius 1 is 1.04 bits per heavy atom. The van der Waals surface area contributed by atoms with E-state index in [1.54, 1.807) is 63.2 Å². The summed E-state index contributed by atoms with van der Waals surface area (Å²) in [6.07, 6.45) is 0. The normalized spacial score (nSPS) is 12.5. The maximum atomic E-state index is 12.0. The lowest BCUT2D eigenvalue weighted by molar-refractivity contribution is -0.156. The van der Waals surface area contributed by atoms with Crippen LogP contribution >= 0.6 is 0 Å². The second-order valence-corrected chi connectivity index (χ2v) is 6.52. The Hall–Kier alpha value is -2.66. The molecular formula is C19H21NO4. The van der Waals surface area contributed by atoms with Crippen molar-refractivity contribution in [2.24, 2.45) is 5.73 Å². The minimum absolute atomic E-state index is 0.224. The van der Waals surface area contributed by atoms with Gasteiger partial charge in [-0.2, -0.15) is 0 Å². The molecule has 0 radical (unpaired) electrons. The summed E-state index contributed by atoms with van der Waals surface area (Å²) in [7, 11) is 0. The van der Waals surface area contributed by atoms with Gasteiger partial charge in [-0.25, -0.2) is 9.59 Å². The van der Waals surface area contributed by atoms with Gasteiger partial charge in [0.15, 0.2) is 0 Å². The third-order valence-corrected chi connectivity index (χ3v) is 3.37. The van der Waals surface area contributed by atoms with Crippen molar-refractivity contribution in [2.45, 2.75) is 32.4 Å². The summed E-state index contributed by atoms with van der Waals surface area (Å²) in [5.41, 5.74) is 7.85. The molecule has 2 aromatic carbocycles. The molecule has 3 N–H and O–H groups in total. The van der Waals surface area contributed by atoms with Crippen LogP contribution in [0.25, 0.3) is 11.1 Å². The molecule has 0 spiro atoms. The van der Waals surface area contributed by atoms with Gasteiger partial charge >= 0.3 is 11.9 Å². The fraction of sp³-hybridized carbons (Fsp3) is 0.263. The van der Waals surface area contributed by atoms with Crippen LogP contribution < -0.4 is 5.73 Å². The van der Waals surface area contributed by atoms with Gasteiger partial charge < -0.3 is 15.6 Å². The van der Waals surface area contributed by atoms with E-state index in [0.29, 0.717) is 5.56 Å². The predicted octanol–water partition coefficient (Wildman–Crippen LogP) is 3.39. The zero-order valence-corrected chi connectivity index (χ0v) is 13.9. The van der Waals surface area contributed by atoms with Gasteiger partial charge in [0, 0.05) is 0 Å². The van der Waals surface area contributed by atoms with E-state index >= 15 is 0 Å². The highest BCUT2D eigenvalue weighted by atomic mass is 16.6. The fourth-order valence-electron chi connectivity index (χ4n) is 2.22. The molecule has 0 bridgehead atoms. The van der Waals surface area contributed by atoms with E-state index in [-0.39, 0.29) is 5.56 Å². The Morgan fingerprint density at radius 2 is 1.67 bits per heavy atom. The van der Waals surface area contributed by atoms with Crippen LogP contribution in [0.3, 0.4) is 0 Å². The van der Waals surface area contributed by atoms with E-state index in [1.165, 1.54) is 0 Å². The molecule has 0 aliphatic rings. The van der Waals surface area contributed by atoms with Gasteiger partial charge in [-0.1, -0.05) is 36.4 Å². The molecule has 0 saturated heterocycles. The van der Waals surface area contributed by atoms with E-state index in [4.69, 9.17) is 15.6 Å². The number of hydrogen-bond acceptors (Lipinski definition) is 4. The average Bonchev–Trinajstić information content (AvgIpc) is 2.53. The van der Waals surface area contributed by atoms with Crippen LogP contribution in [0.15, 0.2) is 48.5 Å². The lowest BCUT2D eigenvalue weighted by atomic mass is 9.99. The first-order chi connectivity index (χ1) is 11.2. The number of carbonyl (C=O) groups excluding carboxylic acids is 1. The minimum atomic E-state index is -0.972. The summed E-state index contributed by atoms with van der Waals surface area (Å²) in [6, 6.07) is 12.9. The van der Waals surface area contributed by atoms with Gasteiger partial charge in [0.25, 0.3) is 0 Å². The first-order valence-electron chi connectivity index (χ1n) is 7.59. The number of esters is 1. The average molecular weight is 327 g/mol. The molecule has 1 atom stereocenters. The first-order valence-corrected chi connectivity index (χ1v) is 7.59. The number of aromatic carboxylic acids is 1. The van der Waals surface area contributed by atoms with Gasteiger partial charge in [0.2, 0.25) is 0 Å². The Labute approximate surface area is 141 Å². The molecule has 0 aliphatic carbocycles. The Bertz CT molecular complexity index is 745. The number of benzene rings is 2. The van der Waals surface area contributed by atoms with Gasteiger partial charge in [-0.3, -0.25) is 0 Å². The molecule has 2 aromatic rings. The summed E-state index contributed by atoms with van der Waals surface area (Å²) in [4.78, 5) is 23.1. The second kappa shape index (κ2) is 6.84. The third-order valence-electron chi connectivity index (χ3n) is 3.37. The molecule has 24 heavy (non-hydrogen) atoms. The van der Waals surface area contributed by atoms with Gasteiger partial charge in [0.1, 0.15) is 11.6 Å². The summed E-state index contributed by atoms with van der Waals surface area (Å²) in [5, 5.41) is 9.06. The highest BCUT2D eigenvalue weighted by Crippen LogP contribution is 2.23. The van der Waals surface area contributed by atoms with Crippen LogP contribution in [0.4, 0.5) is 0 Å². The van der Waals surface area contributed by atoms with E-state index in [0.717, 1.165) is 11.1 Å². The van der Waals surface area contributed by atoms with Crippen LogP contribution in [0.5, 0.6) is 0 Å². The number of carboxylic acids is 1. The highest BCUT2D eigenvalue weighted by molar-refractivity contribution is 5.89. The van der Waals surface area contributed by atoms with E-state index in [9.17, 15) is 9.59 Å². The van der Waals surface area contributed by atoms with Crippen molar-refractivity contribution in [3.63, 3.8) is 0 Å². The van der Waals surface area contributed by atoms with Crippen LogP contribution in [-0.2, 0) is 9.53 Å². The number of carbonyl (C=O) groups is 2. The molecule has 1 unspecified atom stereocenters. The maximum Gasteiger partial charge on any atom is 0.335 e. The zero-order chi connectivity index (χ0) is 17.9. The molecule has 0 aliphatic heterocycles. The molecule has 0 fully saturated rings. The van der Waals surface area contributed by atoms with Crippen molar-refractivity contribution < 1.29 is 19.4 Å². The molecule has 2 rings (SSSR count). The molecule has 0 saturated carbocycles. The maximum absolute atomic E-state index is 12.0. The van der Waals surface area contributed by atoms with Crippen LogP contribution in [0.2, 0.25) is 0 Å². The molecule has 5 heteroatoms. The lowest BCUT2D eigenvalue weighted by Gasteiger charge is -2.22. The van der Waals surface area contributed by atoms with Crippen LogP contribution in [-0.4, -0.2) is 22.6 Å². The molecule has 0 amide bonds. The second-order valence-electron chi connectivity index (χ2n) is 6.52.